The van der Waals surface area contributed by atoms with Gasteiger partial charge in [0.2, 0.25) is 5.91 Å². The average molecular weight is 291 g/mol. The van der Waals surface area contributed by atoms with E-state index >= 15 is 0 Å². The van der Waals surface area contributed by atoms with Gasteiger partial charge in [0.15, 0.2) is 0 Å². The number of carbonyl (C=O) groups excluding carboxylic acids is 1. The van der Waals surface area contributed by atoms with Gasteiger partial charge in [0.05, 0.1) is 6.10 Å². The fourth-order valence-corrected chi connectivity index (χ4v) is 2.79. The molecule has 5 nitrogen and oxygen atoms in total. The monoisotopic (exact) mass is 291 g/mol. The van der Waals surface area contributed by atoms with E-state index < -0.39 is 0 Å². The Labute approximate surface area is 126 Å². The summed E-state index contributed by atoms with van der Waals surface area (Å²) in [6.07, 6.45) is 2.72. The van der Waals surface area contributed by atoms with Crippen LogP contribution >= 0.6 is 0 Å². The molecule has 2 rings (SSSR count). The highest BCUT2D eigenvalue weighted by atomic mass is 16.5. The molecule has 0 spiro atoms. The number of nitrogens with two attached hydrogens (primary N) is 1. The molecule has 1 fully saturated rings. The Balaban J connectivity index is 1.69. The van der Waals surface area contributed by atoms with Gasteiger partial charge in [0, 0.05) is 30.4 Å². The highest BCUT2D eigenvalue weighted by Gasteiger charge is 2.27. The largest absolute Gasteiger partial charge is 0.399 e. The van der Waals surface area contributed by atoms with Crippen LogP contribution in [-0.2, 0) is 9.53 Å². The predicted octanol–water partition coefficient (Wildman–Crippen LogP) is 2.10. The van der Waals surface area contributed by atoms with Gasteiger partial charge in [-0.1, -0.05) is 6.07 Å². The van der Waals surface area contributed by atoms with Gasteiger partial charge in [-0.2, -0.15) is 0 Å². The molecule has 2 unspecified atom stereocenters. The summed E-state index contributed by atoms with van der Waals surface area (Å²) in [5.41, 5.74) is 7.10. The van der Waals surface area contributed by atoms with E-state index in [1.54, 1.807) is 12.1 Å². The standard InChI is InChI=1S/C16H25N3O2/c1-12-15(8-10-21-12)19(2)9-4-7-16(20)18-14-6-3-5-13(17)11-14/h3,5-6,11-12,15H,4,7-10,17H2,1-2H3,(H,18,20). The summed E-state index contributed by atoms with van der Waals surface area (Å²) in [7, 11) is 2.10. The fraction of sp³-hybridized carbons (Fsp3) is 0.562. The van der Waals surface area contributed by atoms with Crippen LogP contribution in [0, 0.1) is 0 Å². The molecule has 1 aromatic carbocycles. The third-order valence-electron chi connectivity index (χ3n) is 3.99. The van der Waals surface area contributed by atoms with Crippen molar-refractivity contribution in [1.82, 2.24) is 4.90 Å². The first-order chi connectivity index (χ1) is 10.1. The lowest BCUT2D eigenvalue weighted by Crippen LogP contribution is -2.37. The van der Waals surface area contributed by atoms with Crippen LogP contribution in [-0.4, -0.2) is 43.2 Å². The highest BCUT2D eigenvalue weighted by molar-refractivity contribution is 5.91. The number of ether oxygens (including phenoxy) is 1. The molecular weight excluding hydrogens is 266 g/mol. The fourth-order valence-electron chi connectivity index (χ4n) is 2.79. The van der Waals surface area contributed by atoms with Crippen molar-refractivity contribution < 1.29 is 9.53 Å². The van der Waals surface area contributed by atoms with Crippen LogP contribution in [0.15, 0.2) is 24.3 Å². The van der Waals surface area contributed by atoms with E-state index in [9.17, 15) is 4.79 Å². The molecule has 0 bridgehead atoms. The van der Waals surface area contributed by atoms with Gasteiger partial charge >= 0.3 is 0 Å². The number of hydrogen-bond acceptors (Lipinski definition) is 4. The van der Waals surface area contributed by atoms with Crippen LogP contribution in [0.25, 0.3) is 0 Å². The van der Waals surface area contributed by atoms with Crippen LogP contribution in [0.2, 0.25) is 0 Å². The highest BCUT2D eigenvalue weighted by Crippen LogP contribution is 2.18. The minimum Gasteiger partial charge on any atom is -0.399 e. The lowest BCUT2D eigenvalue weighted by Gasteiger charge is -2.26. The number of hydrogen-bond donors (Lipinski definition) is 2. The first-order valence-electron chi connectivity index (χ1n) is 7.53. The number of nitrogen functional groups attached to an aromatic ring is 1. The van der Waals surface area contributed by atoms with Crippen LogP contribution in [0.4, 0.5) is 11.4 Å². The molecular formula is C16H25N3O2. The van der Waals surface area contributed by atoms with Gasteiger partial charge in [-0.25, -0.2) is 0 Å². The molecule has 21 heavy (non-hydrogen) atoms. The Hall–Kier alpha value is -1.59. The van der Waals surface area contributed by atoms with Crippen molar-refractivity contribution in [3.63, 3.8) is 0 Å². The van der Waals surface area contributed by atoms with E-state index in [0.717, 1.165) is 31.7 Å². The third kappa shape index (κ3) is 4.72. The molecule has 2 atom stereocenters. The van der Waals surface area contributed by atoms with E-state index in [4.69, 9.17) is 10.5 Å². The number of nitrogens with one attached hydrogen (secondary N) is 1. The van der Waals surface area contributed by atoms with Crippen molar-refractivity contribution in [2.75, 3.05) is 31.2 Å². The SMILES string of the molecule is CC1OCCC1N(C)CCCC(=O)Nc1cccc(N)c1. The van der Waals surface area contributed by atoms with E-state index in [2.05, 4.69) is 24.2 Å². The Morgan fingerprint density at radius 3 is 3.00 bits per heavy atom. The molecule has 0 aromatic heterocycles. The second-order valence-corrected chi connectivity index (χ2v) is 5.69. The van der Waals surface area contributed by atoms with E-state index in [1.807, 2.05) is 12.1 Å². The number of rotatable bonds is 6. The van der Waals surface area contributed by atoms with Crippen LogP contribution < -0.4 is 11.1 Å². The van der Waals surface area contributed by atoms with Crippen LogP contribution in [0.1, 0.15) is 26.2 Å². The minimum absolute atomic E-state index is 0.0321. The zero-order valence-corrected chi connectivity index (χ0v) is 12.8. The summed E-state index contributed by atoms with van der Waals surface area (Å²) in [5, 5.41) is 2.87. The number of benzene rings is 1. The first-order valence-corrected chi connectivity index (χ1v) is 7.53. The molecule has 1 aliphatic rings. The van der Waals surface area contributed by atoms with Gasteiger partial charge in [-0.15, -0.1) is 0 Å². The van der Waals surface area contributed by atoms with Crippen molar-refractivity contribution in [1.29, 1.82) is 0 Å². The lowest BCUT2D eigenvalue weighted by atomic mass is 10.1. The molecule has 0 saturated carbocycles. The number of likely N-dealkylation sites (N-methyl/N-ethyl adjacent to an activating group) is 1. The summed E-state index contributed by atoms with van der Waals surface area (Å²) >= 11 is 0. The zero-order chi connectivity index (χ0) is 15.2. The van der Waals surface area contributed by atoms with Gasteiger partial charge < -0.3 is 20.7 Å². The third-order valence-corrected chi connectivity index (χ3v) is 3.99. The molecule has 116 valence electrons. The molecule has 0 radical (unpaired) electrons. The Morgan fingerprint density at radius 1 is 1.52 bits per heavy atom. The summed E-state index contributed by atoms with van der Waals surface area (Å²) in [4.78, 5) is 14.2. The van der Waals surface area contributed by atoms with Crippen molar-refractivity contribution >= 4 is 17.3 Å². The lowest BCUT2D eigenvalue weighted by molar-refractivity contribution is -0.116. The molecule has 0 aliphatic carbocycles. The quantitative estimate of drug-likeness (QED) is 0.788. The summed E-state index contributed by atoms with van der Waals surface area (Å²) in [6, 6.07) is 7.72. The van der Waals surface area contributed by atoms with Crippen LogP contribution in [0.3, 0.4) is 0 Å². The molecule has 1 amide bonds. The Kier molecular flexibility index (Phi) is 5.59. The van der Waals surface area contributed by atoms with Crippen molar-refractivity contribution in [3.8, 4) is 0 Å². The number of amides is 1. The topological polar surface area (TPSA) is 67.6 Å². The van der Waals surface area contributed by atoms with Crippen molar-refractivity contribution in [3.05, 3.63) is 24.3 Å². The number of anilines is 2. The van der Waals surface area contributed by atoms with Crippen LogP contribution in [0.5, 0.6) is 0 Å². The molecule has 1 saturated heterocycles. The smallest absolute Gasteiger partial charge is 0.224 e. The number of nitrogens with zero attached hydrogens (tertiary/aromatic N) is 1. The molecule has 1 aromatic rings. The van der Waals surface area contributed by atoms with E-state index in [1.165, 1.54) is 0 Å². The first kappa shape index (κ1) is 15.8. The summed E-state index contributed by atoms with van der Waals surface area (Å²) in [6.45, 7) is 3.86. The van der Waals surface area contributed by atoms with Crippen molar-refractivity contribution in [2.45, 2.75) is 38.3 Å². The maximum Gasteiger partial charge on any atom is 0.224 e. The Bertz CT molecular complexity index is 478. The molecule has 3 N–H and O–H groups in total. The second kappa shape index (κ2) is 7.43. The second-order valence-electron chi connectivity index (χ2n) is 5.69. The van der Waals surface area contributed by atoms with Gasteiger partial charge in [-0.3, -0.25) is 4.79 Å². The predicted molar refractivity (Wildman–Crippen MR) is 85.2 cm³/mol. The summed E-state index contributed by atoms with van der Waals surface area (Å²) < 4.78 is 5.57. The van der Waals surface area contributed by atoms with Gasteiger partial charge in [-0.05, 0) is 51.6 Å². The Morgan fingerprint density at radius 2 is 2.33 bits per heavy atom. The van der Waals surface area contributed by atoms with Crippen molar-refractivity contribution in [2.24, 2.45) is 0 Å². The van der Waals surface area contributed by atoms with E-state index in [0.29, 0.717) is 18.2 Å². The normalized spacial score (nSPS) is 21.7. The summed E-state index contributed by atoms with van der Waals surface area (Å²) in [5.74, 6) is 0.0321. The van der Waals surface area contributed by atoms with Gasteiger partial charge in [0.25, 0.3) is 0 Å². The zero-order valence-electron chi connectivity index (χ0n) is 12.8. The minimum atomic E-state index is 0.0321. The molecule has 1 aliphatic heterocycles. The van der Waals surface area contributed by atoms with Gasteiger partial charge in [0.1, 0.15) is 0 Å². The molecule has 1 heterocycles. The average Bonchev–Trinajstić information content (AvgIpc) is 2.85. The molecule has 5 heteroatoms. The maximum atomic E-state index is 11.9. The van der Waals surface area contributed by atoms with E-state index in [-0.39, 0.29) is 12.0 Å². The number of carbonyl (C=O) groups is 1. The maximum absolute atomic E-state index is 11.9.